The summed E-state index contributed by atoms with van der Waals surface area (Å²) >= 11 is 0. The van der Waals surface area contributed by atoms with Crippen LogP contribution in [0.15, 0.2) is 18.2 Å². The number of rotatable bonds is 6. The van der Waals surface area contributed by atoms with Crippen molar-refractivity contribution in [3.63, 3.8) is 0 Å². The van der Waals surface area contributed by atoms with E-state index in [1.165, 1.54) is 19.1 Å². The van der Waals surface area contributed by atoms with Gasteiger partial charge in [-0.1, -0.05) is 26.0 Å². The topological polar surface area (TPSA) is 49.4 Å². The minimum absolute atomic E-state index is 0.0113. The smallest absolute Gasteiger partial charge is 0.355 e. The van der Waals surface area contributed by atoms with Crippen molar-refractivity contribution in [3.05, 3.63) is 34.9 Å². The van der Waals surface area contributed by atoms with Crippen molar-refractivity contribution < 1.29 is 22.8 Å². The molecule has 28 heavy (non-hydrogen) atoms. The molecule has 2 amide bonds. The van der Waals surface area contributed by atoms with Gasteiger partial charge in [0.15, 0.2) is 0 Å². The summed E-state index contributed by atoms with van der Waals surface area (Å²) in [7, 11) is 0. The average molecular weight is 398 g/mol. The number of amides is 2. The Hall–Kier alpha value is -2.05. The predicted molar refractivity (Wildman–Crippen MR) is 102 cm³/mol. The first kappa shape index (κ1) is 22.2. The molecule has 0 aliphatic carbocycles. The first-order valence-electron chi connectivity index (χ1n) is 9.90. The Bertz CT molecular complexity index is 695. The third kappa shape index (κ3) is 5.49. The van der Waals surface area contributed by atoms with Crippen molar-refractivity contribution in [2.45, 2.75) is 58.5 Å². The van der Waals surface area contributed by atoms with Crippen LogP contribution in [0.2, 0.25) is 0 Å². The third-order valence-electron chi connectivity index (χ3n) is 5.55. The molecule has 0 aromatic heterocycles. The number of hydrogen-bond donors (Lipinski definition) is 1. The maximum Gasteiger partial charge on any atom is 0.416 e. The predicted octanol–water partition coefficient (Wildman–Crippen LogP) is 4.27. The van der Waals surface area contributed by atoms with E-state index in [4.69, 9.17) is 0 Å². The van der Waals surface area contributed by atoms with Crippen LogP contribution in [-0.4, -0.2) is 36.3 Å². The Kier molecular flexibility index (Phi) is 7.49. The van der Waals surface area contributed by atoms with E-state index in [2.05, 4.69) is 5.32 Å². The first-order valence-corrected chi connectivity index (χ1v) is 9.90. The largest absolute Gasteiger partial charge is 0.416 e. The number of likely N-dealkylation sites (tertiary alicyclic amines) is 1. The molecule has 1 aromatic rings. The van der Waals surface area contributed by atoms with Gasteiger partial charge in [-0.15, -0.1) is 0 Å². The maximum atomic E-state index is 13.2. The number of nitrogens with one attached hydrogen (secondary N) is 1. The molecule has 2 rings (SSSR count). The zero-order chi connectivity index (χ0) is 20.9. The molecule has 156 valence electrons. The number of nitrogens with zero attached hydrogens (tertiary/aromatic N) is 1. The number of piperidine rings is 1. The van der Waals surface area contributed by atoms with Crippen LogP contribution in [0.5, 0.6) is 0 Å². The monoisotopic (exact) mass is 398 g/mol. The molecule has 1 atom stereocenters. The second-order valence-corrected chi connectivity index (χ2v) is 7.43. The summed E-state index contributed by atoms with van der Waals surface area (Å²) in [5.74, 6) is -0.309. The highest BCUT2D eigenvalue weighted by Gasteiger charge is 2.34. The molecular weight excluding hydrogens is 369 g/mol. The normalized spacial score (nSPS) is 16.7. The zero-order valence-electron chi connectivity index (χ0n) is 16.7. The van der Waals surface area contributed by atoms with Crippen molar-refractivity contribution in [2.24, 2.45) is 5.92 Å². The summed E-state index contributed by atoms with van der Waals surface area (Å²) in [6, 6.07) is 4.55. The minimum atomic E-state index is -4.35. The fourth-order valence-corrected chi connectivity index (χ4v) is 3.66. The van der Waals surface area contributed by atoms with Crippen LogP contribution in [-0.2, 0) is 15.8 Å². The van der Waals surface area contributed by atoms with E-state index in [9.17, 15) is 22.8 Å². The molecule has 1 aromatic carbocycles. The fourth-order valence-electron chi connectivity index (χ4n) is 3.66. The molecule has 1 fully saturated rings. The highest BCUT2D eigenvalue weighted by atomic mass is 19.4. The Morgan fingerprint density at radius 1 is 1.21 bits per heavy atom. The molecule has 0 saturated carbocycles. The maximum absolute atomic E-state index is 13.2. The molecule has 7 heteroatoms. The highest BCUT2D eigenvalue weighted by molar-refractivity contribution is 5.81. The van der Waals surface area contributed by atoms with Gasteiger partial charge in [-0.05, 0) is 49.3 Å². The molecule has 1 aliphatic heterocycles. The van der Waals surface area contributed by atoms with Crippen molar-refractivity contribution >= 4 is 11.8 Å². The van der Waals surface area contributed by atoms with Crippen LogP contribution in [0.25, 0.3) is 0 Å². The second-order valence-electron chi connectivity index (χ2n) is 7.43. The van der Waals surface area contributed by atoms with Gasteiger partial charge in [0, 0.05) is 26.1 Å². The molecule has 0 bridgehead atoms. The van der Waals surface area contributed by atoms with E-state index >= 15 is 0 Å². The van der Waals surface area contributed by atoms with Crippen LogP contribution >= 0.6 is 0 Å². The number of benzene rings is 1. The lowest BCUT2D eigenvalue weighted by Crippen LogP contribution is -2.44. The SMILES string of the molecule is CCC(=O)NCC(CC)C(=O)N1CCC(c2ccc(C)c(C(F)(F)F)c2)CC1. The quantitative estimate of drug-likeness (QED) is 0.778. The average Bonchev–Trinajstić information content (AvgIpc) is 2.67. The van der Waals surface area contributed by atoms with Gasteiger partial charge in [-0.3, -0.25) is 9.59 Å². The van der Waals surface area contributed by atoms with Crippen LogP contribution in [0.1, 0.15) is 62.1 Å². The standard InChI is InChI=1S/C21H29F3N2O2/c1-4-15(13-25-19(27)5-2)20(28)26-10-8-16(9-11-26)17-7-6-14(3)18(12-17)21(22,23)24/h6-7,12,15-16H,4-5,8-11,13H2,1-3H3,(H,25,27). The Balaban J connectivity index is 1.98. The molecule has 0 spiro atoms. The summed E-state index contributed by atoms with van der Waals surface area (Å²) in [5.41, 5.74) is 0.331. The van der Waals surface area contributed by atoms with Gasteiger partial charge in [-0.25, -0.2) is 0 Å². The third-order valence-corrected chi connectivity index (χ3v) is 5.55. The summed E-state index contributed by atoms with van der Waals surface area (Å²) in [6.07, 6.45) is -2.05. The summed E-state index contributed by atoms with van der Waals surface area (Å²) in [6.45, 7) is 6.52. The first-order chi connectivity index (χ1) is 13.2. The Labute approximate surface area is 164 Å². The van der Waals surface area contributed by atoms with Crippen molar-refractivity contribution in [1.29, 1.82) is 0 Å². The fraction of sp³-hybridized carbons (Fsp3) is 0.619. The summed E-state index contributed by atoms with van der Waals surface area (Å²) in [4.78, 5) is 25.9. The molecule has 1 unspecified atom stereocenters. The van der Waals surface area contributed by atoms with Crippen molar-refractivity contribution in [2.75, 3.05) is 19.6 Å². The number of aryl methyl sites for hydroxylation is 1. The van der Waals surface area contributed by atoms with Crippen molar-refractivity contribution in [3.8, 4) is 0 Å². The number of hydrogen-bond acceptors (Lipinski definition) is 2. The Morgan fingerprint density at radius 3 is 2.39 bits per heavy atom. The van der Waals surface area contributed by atoms with Crippen LogP contribution in [0.4, 0.5) is 13.2 Å². The van der Waals surface area contributed by atoms with E-state index in [0.717, 1.165) is 0 Å². The summed E-state index contributed by atoms with van der Waals surface area (Å²) in [5, 5.41) is 2.77. The van der Waals surface area contributed by atoms with E-state index in [1.807, 2.05) is 6.92 Å². The molecule has 0 radical (unpaired) electrons. The van der Waals surface area contributed by atoms with Crippen LogP contribution in [0.3, 0.4) is 0 Å². The van der Waals surface area contributed by atoms with Gasteiger partial charge < -0.3 is 10.2 Å². The molecule has 4 nitrogen and oxygen atoms in total. The minimum Gasteiger partial charge on any atom is -0.355 e. The lowest BCUT2D eigenvalue weighted by atomic mass is 9.87. The summed E-state index contributed by atoms with van der Waals surface area (Å²) < 4.78 is 39.5. The molecule has 1 aliphatic rings. The van der Waals surface area contributed by atoms with Crippen LogP contribution < -0.4 is 5.32 Å². The lowest BCUT2D eigenvalue weighted by Gasteiger charge is -2.34. The van der Waals surface area contributed by atoms with Gasteiger partial charge >= 0.3 is 6.18 Å². The van der Waals surface area contributed by atoms with E-state index in [-0.39, 0.29) is 29.2 Å². The molecular formula is C21H29F3N2O2. The van der Waals surface area contributed by atoms with Gasteiger partial charge in [-0.2, -0.15) is 13.2 Å². The van der Waals surface area contributed by atoms with Crippen LogP contribution in [0, 0.1) is 12.8 Å². The number of carbonyl (C=O) groups is 2. The molecule has 1 heterocycles. The van der Waals surface area contributed by atoms with Gasteiger partial charge in [0.05, 0.1) is 11.5 Å². The van der Waals surface area contributed by atoms with E-state index in [1.54, 1.807) is 17.9 Å². The van der Waals surface area contributed by atoms with E-state index in [0.29, 0.717) is 50.9 Å². The van der Waals surface area contributed by atoms with Crippen molar-refractivity contribution in [1.82, 2.24) is 10.2 Å². The highest BCUT2D eigenvalue weighted by Crippen LogP contribution is 2.36. The second kappa shape index (κ2) is 9.43. The van der Waals surface area contributed by atoms with Gasteiger partial charge in [0.2, 0.25) is 11.8 Å². The number of halogens is 3. The zero-order valence-corrected chi connectivity index (χ0v) is 16.7. The molecule has 1 saturated heterocycles. The van der Waals surface area contributed by atoms with E-state index < -0.39 is 11.7 Å². The number of alkyl halides is 3. The Morgan fingerprint density at radius 2 is 1.86 bits per heavy atom. The van der Waals surface area contributed by atoms with Gasteiger partial charge in [0.25, 0.3) is 0 Å². The number of carbonyl (C=O) groups excluding carboxylic acids is 2. The molecule has 1 N–H and O–H groups in total. The lowest BCUT2D eigenvalue weighted by molar-refractivity contribution is -0.138. The van der Waals surface area contributed by atoms with Gasteiger partial charge in [0.1, 0.15) is 0 Å².